The fraction of sp³-hybridized carbons (Fsp3) is 0.400. The third kappa shape index (κ3) is 4.30. The number of carbonyl (C=O) groups is 3. The molecule has 1 aromatic rings. The summed E-state index contributed by atoms with van der Waals surface area (Å²) in [7, 11) is 0. The van der Waals surface area contributed by atoms with Gasteiger partial charge in [-0.3, -0.25) is 9.59 Å². The van der Waals surface area contributed by atoms with Gasteiger partial charge in [-0.15, -0.1) is 0 Å². The molecule has 3 N–H and O–H groups in total. The van der Waals surface area contributed by atoms with Gasteiger partial charge in [-0.2, -0.15) is 0 Å². The second kappa shape index (κ2) is 7.42. The molecular weight excluding hydrogens is 272 g/mol. The molecule has 6 nitrogen and oxygen atoms in total. The first kappa shape index (κ1) is 16.7. The van der Waals surface area contributed by atoms with Crippen LogP contribution in [0, 0.1) is 0 Å². The highest BCUT2D eigenvalue weighted by Crippen LogP contribution is 2.15. The number of carboxylic acid groups (broad SMARTS) is 1. The molecule has 0 aliphatic rings. The molecule has 1 aromatic carbocycles. The standard InChI is InChI=1S/C15H20N2O4/c1-3-15(4-2,14(20)21)17-12(18)10-16-13(19)11-8-6-5-7-9-11/h5-9H,3-4,10H2,1-2H3,(H,16,19)(H,17,18)(H,20,21). The number of hydrogen-bond donors (Lipinski definition) is 3. The Morgan fingerprint density at radius 1 is 1.10 bits per heavy atom. The van der Waals surface area contributed by atoms with E-state index in [0.29, 0.717) is 5.56 Å². The SMILES string of the molecule is CCC(CC)(NC(=O)CNC(=O)c1ccccc1)C(=O)O. The molecule has 0 saturated carbocycles. The average molecular weight is 292 g/mol. The van der Waals surface area contributed by atoms with Crippen LogP contribution in [0.5, 0.6) is 0 Å². The van der Waals surface area contributed by atoms with Gasteiger partial charge in [0.05, 0.1) is 6.54 Å². The molecule has 0 unspecified atom stereocenters. The van der Waals surface area contributed by atoms with Crippen molar-refractivity contribution in [2.45, 2.75) is 32.2 Å². The van der Waals surface area contributed by atoms with Crippen molar-refractivity contribution in [1.29, 1.82) is 0 Å². The van der Waals surface area contributed by atoms with Gasteiger partial charge in [0.25, 0.3) is 5.91 Å². The minimum absolute atomic E-state index is 0.261. The second-order valence-electron chi connectivity index (χ2n) is 4.69. The fourth-order valence-electron chi connectivity index (χ4n) is 1.95. The molecule has 21 heavy (non-hydrogen) atoms. The lowest BCUT2D eigenvalue weighted by Gasteiger charge is -2.28. The Balaban J connectivity index is 2.58. The first-order chi connectivity index (χ1) is 9.95. The van der Waals surface area contributed by atoms with Crippen LogP contribution in [0.25, 0.3) is 0 Å². The fourth-order valence-corrected chi connectivity index (χ4v) is 1.95. The van der Waals surface area contributed by atoms with Crippen LogP contribution in [-0.4, -0.2) is 35.0 Å². The van der Waals surface area contributed by atoms with Crippen molar-refractivity contribution in [1.82, 2.24) is 10.6 Å². The summed E-state index contributed by atoms with van der Waals surface area (Å²) in [6.45, 7) is 3.13. The van der Waals surface area contributed by atoms with Gasteiger partial charge in [-0.05, 0) is 25.0 Å². The second-order valence-corrected chi connectivity index (χ2v) is 4.69. The lowest BCUT2D eigenvalue weighted by molar-refractivity contribution is -0.147. The maximum atomic E-state index is 11.8. The van der Waals surface area contributed by atoms with E-state index in [9.17, 15) is 19.5 Å². The third-order valence-electron chi connectivity index (χ3n) is 3.44. The molecule has 0 radical (unpaired) electrons. The maximum absolute atomic E-state index is 11.8. The van der Waals surface area contributed by atoms with Gasteiger partial charge in [0, 0.05) is 5.56 Å². The maximum Gasteiger partial charge on any atom is 0.329 e. The highest BCUT2D eigenvalue weighted by Gasteiger charge is 2.36. The summed E-state index contributed by atoms with van der Waals surface area (Å²) in [5.41, 5.74) is -0.838. The van der Waals surface area contributed by atoms with Crippen LogP contribution in [0.3, 0.4) is 0 Å². The number of amides is 2. The summed E-state index contributed by atoms with van der Waals surface area (Å²) >= 11 is 0. The van der Waals surface area contributed by atoms with Crippen molar-refractivity contribution in [3.63, 3.8) is 0 Å². The minimum Gasteiger partial charge on any atom is -0.480 e. The lowest BCUT2D eigenvalue weighted by atomic mass is 9.93. The van der Waals surface area contributed by atoms with Crippen LogP contribution in [0.15, 0.2) is 30.3 Å². The summed E-state index contributed by atoms with van der Waals surface area (Å²) in [6.07, 6.45) is 0.550. The molecule has 0 fully saturated rings. The lowest BCUT2D eigenvalue weighted by Crippen LogP contribution is -2.55. The van der Waals surface area contributed by atoms with Crippen LogP contribution < -0.4 is 10.6 Å². The predicted molar refractivity (Wildman–Crippen MR) is 77.9 cm³/mol. The van der Waals surface area contributed by atoms with E-state index >= 15 is 0 Å². The smallest absolute Gasteiger partial charge is 0.329 e. The zero-order valence-corrected chi connectivity index (χ0v) is 12.2. The molecule has 0 saturated heterocycles. The molecule has 114 valence electrons. The van der Waals surface area contributed by atoms with Crippen molar-refractivity contribution >= 4 is 17.8 Å². The van der Waals surface area contributed by atoms with E-state index in [4.69, 9.17) is 0 Å². The number of rotatable bonds is 7. The summed E-state index contributed by atoms with van der Waals surface area (Å²) in [5, 5.41) is 14.2. The van der Waals surface area contributed by atoms with Gasteiger partial charge in [-0.25, -0.2) is 4.79 Å². The van der Waals surface area contributed by atoms with E-state index in [2.05, 4.69) is 10.6 Å². The van der Waals surface area contributed by atoms with Crippen LogP contribution in [0.1, 0.15) is 37.0 Å². The van der Waals surface area contributed by atoms with Crippen LogP contribution in [0.2, 0.25) is 0 Å². The van der Waals surface area contributed by atoms with Gasteiger partial charge < -0.3 is 15.7 Å². The summed E-state index contributed by atoms with van der Waals surface area (Å²) in [5.74, 6) is -1.97. The summed E-state index contributed by atoms with van der Waals surface area (Å²) in [4.78, 5) is 34.9. The van der Waals surface area contributed by atoms with Gasteiger partial charge in [-0.1, -0.05) is 32.0 Å². The number of benzene rings is 1. The highest BCUT2D eigenvalue weighted by atomic mass is 16.4. The minimum atomic E-state index is -1.28. The number of aliphatic carboxylic acids is 1. The molecule has 0 heterocycles. The third-order valence-corrected chi connectivity index (χ3v) is 3.44. The molecule has 2 amide bonds. The van der Waals surface area contributed by atoms with E-state index in [0.717, 1.165) is 0 Å². The normalized spacial score (nSPS) is 10.8. The van der Waals surface area contributed by atoms with Gasteiger partial charge in [0.1, 0.15) is 5.54 Å². The van der Waals surface area contributed by atoms with Crippen molar-refractivity contribution in [2.24, 2.45) is 0 Å². The van der Waals surface area contributed by atoms with Gasteiger partial charge in [0.2, 0.25) is 5.91 Å². The largest absolute Gasteiger partial charge is 0.480 e. The van der Waals surface area contributed by atoms with E-state index in [1.54, 1.807) is 44.2 Å². The molecule has 1 rings (SSSR count). The zero-order valence-electron chi connectivity index (χ0n) is 12.2. The molecule has 6 heteroatoms. The zero-order chi connectivity index (χ0) is 15.9. The molecule has 0 aliphatic carbocycles. The Labute approximate surface area is 123 Å². The Bertz CT molecular complexity index is 510. The molecule has 0 aliphatic heterocycles. The monoisotopic (exact) mass is 292 g/mol. The van der Waals surface area contributed by atoms with Crippen molar-refractivity contribution in [3.8, 4) is 0 Å². The Morgan fingerprint density at radius 2 is 1.67 bits per heavy atom. The molecular formula is C15H20N2O4. The van der Waals surface area contributed by atoms with Crippen molar-refractivity contribution in [3.05, 3.63) is 35.9 Å². The first-order valence-electron chi connectivity index (χ1n) is 6.83. The van der Waals surface area contributed by atoms with E-state index in [-0.39, 0.29) is 25.3 Å². The van der Waals surface area contributed by atoms with E-state index in [1.165, 1.54) is 0 Å². The predicted octanol–water partition coefficient (Wildman–Crippen LogP) is 1.18. The number of carbonyl (C=O) groups excluding carboxylic acids is 2. The van der Waals surface area contributed by atoms with Crippen molar-refractivity contribution < 1.29 is 19.5 Å². The molecule has 0 bridgehead atoms. The van der Waals surface area contributed by atoms with Gasteiger partial charge >= 0.3 is 5.97 Å². The van der Waals surface area contributed by atoms with Crippen LogP contribution >= 0.6 is 0 Å². The van der Waals surface area contributed by atoms with Crippen LogP contribution in [-0.2, 0) is 9.59 Å². The van der Waals surface area contributed by atoms with Crippen molar-refractivity contribution in [2.75, 3.05) is 6.54 Å². The average Bonchev–Trinajstić information content (AvgIpc) is 2.50. The number of hydrogen-bond acceptors (Lipinski definition) is 3. The number of carboxylic acids is 1. The quantitative estimate of drug-likeness (QED) is 0.703. The Kier molecular flexibility index (Phi) is 5.90. The topological polar surface area (TPSA) is 95.5 Å². The summed E-state index contributed by atoms with van der Waals surface area (Å²) < 4.78 is 0. The van der Waals surface area contributed by atoms with E-state index < -0.39 is 17.4 Å². The highest BCUT2D eigenvalue weighted by molar-refractivity contribution is 5.97. The van der Waals surface area contributed by atoms with Gasteiger partial charge in [0.15, 0.2) is 0 Å². The molecule has 0 atom stereocenters. The Morgan fingerprint density at radius 3 is 2.14 bits per heavy atom. The summed E-state index contributed by atoms with van der Waals surface area (Å²) in [6, 6.07) is 8.49. The van der Waals surface area contributed by atoms with Crippen LogP contribution in [0.4, 0.5) is 0 Å². The number of nitrogens with one attached hydrogen (secondary N) is 2. The Hall–Kier alpha value is -2.37. The van der Waals surface area contributed by atoms with E-state index in [1.807, 2.05) is 0 Å². The molecule has 0 aromatic heterocycles. The first-order valence-corrected chi connectivity index (χ1v) is 6.83. The molecule has 0 spiro atoms.